The zero-order chi connectivity index (χ0) is 16.5. The molecular weight excluding hydrogens is 315 g/mol. The number of hydrogen-bond acceptors (Lipinski definition) is 4. The lowest BCUT2D eigenvalue weighted by Gasteiger charge is -2.31. The molecule has 0 aromatic carbocycles. The standard InChI is InChI=1S/C10H10F7NO3/c11-6(19)4-2-1-3-5-7(20)21-8(18-5,9(12,13)14)10(15,16)17/h5,18H,1-4H2/t5-/m0/s1. The van der Waals surface area contributed by atoms with Crippen molar-refractivity contribution in [3.05, 3.63) is 0 Å². The average molecular weight is 325 g/mol. The predicted molar refractivity (Wildman–Crippen MR) is 52.4 cm³/mol. The van der Waals surface area contributed by atoms with Crippen LogP contribution in [-0.4, -0.2) is 36.1 Å². The largest absolute Gasteiger partial charge is 0.452 e. The van der Waals surface area contributed by atoms with E-state index >= 15 is 0 Å². The summed E-state index contributed by atoms with van der Waals surface area (Å²) in [6.45, 7) is 0. The summed E-state index contributed by atoms with van der Waals surface area (Å²) < 4.78 is 91.0. The van der Waals surface area contributed by atoms with Crippen LogP contribution in [0.2, 0.25) is 0 Å². The minimum Gasteiger partial charge on any atom is -0.424 e. The van der Waals surface area contributed by atoms with Crippen molar-refractivity contribution in [3.8, 4) is 0 Å². The first-order chi connectivity index (χ1) is 9.41. The molecule has 0 bridgehead atoms. The minimum absolute atomic E-state index is 0.105. The SMILES string of the molecule is O=C(F)CCCC[C@@H]1NC(C(F)(F)F)(C(F)(F)F)OC1=O. The number of halogens is 7. The lowest BCUT2D eigenvalue weighted by Crippen LogP contribution is -2.65. The summed E-state index contributed by atoms with van der Waals surface area (Å²) in [6.07, 6.45) is -13.0. The van der Waals surface area contributed by atoms with Gasteiger partial charge in [-0.1, -0.05) is 6.42 Å². The molecular formula is C10H10F7NO3. The van der Waals surface area contributed by atoms with Gasteiger partial charge in [0.1, 0.15) is 6.04 Å². The zero-order valence-corrected chi connectivity index (χ0v) is 10.3. The Balaban J connectivity index is 2.77. The highest BCUT2D eigenvalue weighted by atomic mass is 19.4. The third-order valence-corrected chi connectivity index (χ3v) is 2.83. The van der Waals surface area contributed by atoms with Crippen LogP contribution in [-0.2, 0) is 14.3 Å². The molecule has 1 N–H and O–H groups in total. The van der Waals surface area contributed by atoms with Gasteiger partial charge in [-0.3, -0.25) is 14.9 Å². The number of esters is 1. The number of nitrogens with one attached hydrogen (secondary N) is 1. The molecule has 1 saturated heterocycles. The van der Waals surface area contributed by atoms with Gasteiger partial charge in [0, 0.05) is 6.42 Å². The summed E-state index contributed by atoms with van der Waals surface area (Å²) in [5.74, 6) is -1.70. The smallest absolute Gasteiger partial charge is 0.424 e. The fourth-order valence-corrected chi connectivity index (χ4v) is 1.80. The van der Waals surface area contributed by atoms with Gasteiger partial charge in [-0.2, -0.15) is 30.7 Å². The van der Waals surface area contributed by atoms with Crippen LogP contribution in [0.25, 0.3) is 0 Å². The van der Waals surface area contributed by atoms with Crippen LogP contribution in [0.15, 0.2) is 0 Å². The van der Waals surface area contributed by atoms with Gasteiger partial charge >= 0.3 is 30.1 Å². The topological polar surface area (TPSA) is 55.4 Å². The van der Waals surface area contributed by atoms with Gasteiger partial charge in [0.2, 0.25) is 0 Å². The summed E-state index contributed by atoms with van der Waals surface area (Å²) in [5, 5.41) is 1.12. The van der Waals surface area contributed by atoms with Crippen molar-refractivity contribution in [1.29, 1.82) is 0 Å². The maximum Gasteiger partial charge on any atom is 0.452 e. The molecule has 122 valence electrons. The second-order valence-electron chi connectivity index (χ2n) is 4.40. The first-order valence-electron chi connectivity index (χ1n) is 5.73. The molecule has 1 atom stereocenters. The van der Waals surface area contributed by atoms with E-state index in [2.05, 4.69) is 4.74 Å². The molecule has 0 aliphatic carbocycles. The fourth-order valence-electron chi connectivity index (χ4n) is 1.80. The summed E-state index contributed by atoms with van der Waals surface area (Å²) in [4.78, 5) is 21.2. The summed E-state index contributed by atoms with van der Waals surface area (Å²) in [7, 11) is 0. The Morgan fingerprint density at radius 2 is 1.67 bits per heavy atom. The van der Waals surface area contributed by atoms with E-state index in [0.717, 1.165) is 5.32 Å². The molecule has 1 heterocycles. The molecule has 0 unspecified atom stereocenters. The second-order valence-corrected chi connectivity index (χ2v) is 4.40. The van der Waals surface area contributed by atoms with E-state index < -0.39 is 49.0 Å². The number of unbranched alkanes of at least 4 members (excludes halogenated alkanes) is 1. The number of carbonyl (C=O) groups is 2. The molecule has 11 heteroatoms. The van der Waals surface area contributed by atoms with Crippen molar-refractivity contribution in [3.63, 3.8) is 0 Å². The Bertz CT molecular complexity index is 404. The third-order valence-electron chi connectivity index (χ3n) is 2.83. The highest BCUT2D eigenvalue weighted by Gasteiger charge is 2.78. The number of hydrogen-bond donors (Lipinski definition) is 1. The van der Waals surface area contributed by atoms with Crippen molar-refractivity contribution in [1.82, 2.24) is 5.32 Å². The molecule has 0 spiro atoms. The van der Waals surface area contributed by atoms with Crippen LogP contribution >= 0.6 is 0 Å². The molecule has 0 aromatic rings. The molecule has 1 aliphatic heterocycles. The average Bonchev–Trinajstić information content (AvgIpc) is 2.62. The van der Waals surface area contributed by atoms with Crippen molar-refractivity contribution in [2.24, 2.45) is 0 Å². The quantitative estimate of drug-likeness (QED) is 0.365. The van der Waals surface area contributed by atoms with Crippen molar-refractivity contribution >= 4 is 12.0 Å². The Kier molecular flexibility index (Phi) is 4.86. The third kappa shape index (κ3) is 3.63. The van der Waals surface area contributed by atoms with E-state index in [1.807, 2.05) is 0 Å². The molecule has 0 saturated carbocycles. The highest BCUT2D eigenvalue weighted by molar-refractivity contribution is 5.78. The van der Waals surface area contributed by atoms with Gasteiger partial charge < -0.3 is 4.74 Å². The first-order valence-corrected chi connectivity index (χ1v) is 5.73. The van der Waals surface area contributed by atoms with Crippen molar-refractivity contribution < 1.29 is 45.1 Å². The molecule has 21 heavy (non-hydrogen) atoms. The molecule has 1 rings (SSSR count). The second kappa shape index (κ2) is 5.78. The van der Waals surface area contributed by atoms with E-state index in [4.69, 9.17) is 0 Å². The predicted octanol–water partition coefficient (Wildman–Crippen LogP) is 2.38. The molecule has 4 nitrogen and oxygen atoms in total. The number of ether oxygens (including phenoxy) is 1. The van der Waals surface area contributed by atoms with E-state index in [1.54, 1.807) is 0 Å². The van der Waals surface area contributed by atoms with Gasteiger partial charge in [0.25, 0.3) is 0 Å². The maximum atomic E-state index is 12.6. The zero-order valence-electron chi connectivity index (χ0n) is 10.3. The lowest BCUT2D eigenvalue weighted by molar-refractivity contribution is -0.369. The monoisotopic (exact) mass is 325 g/mol. The van der Waals surface area contributed by atoms with Crippen LogP contribution in [0.3, 0.4) is 0 Å². The van der Waals surface area contributed by atoms with Gasteiger partial charge in [0.05, 0.1) is 0 Å². The number of rotatable bonds is 5. The van der Waals surface area contributed by atoms with Crippen molar-refractivity contribution in [2.45, 2.75) is 49.8 Å². The summed E-state index contributed by atoms with van der Waals surface area (Å²) in [5.41, 5.74) is -4.74. The van der Waals surface area contributed by atoms with Crippen molar-refractivity contribution in [2.75, 3.05) is 0 Å². The van der Waals surface area contributed by atoms with Gasteiger partial charge in [-0.25, -0.2) is 0 Å². The van der Waals surface area contributed by atoms with Crippen LogP contribution in [0.1, 0.15) is 25.7 Å². The lowest BCUT2D eigenvalue weighted by atomic mass is 10.1. The van der Waals surface area contributed by atoms with E-state index in [9.17, 15) is 40.3 Å². The molecule has 0 amide bonds. The number of alkyl halides is 6. The Morgan fingerprint density at radius 3 is 2.05 bits per heavy atom. The fraction of sp³-hybridized carbons (Fsp3) is 0.800. The number of cyclic esters (lactones) is 1. The molecule has 1 fully saturated rings. The highest BCUT2D eigenvalue weighted by Crippen LogP contribution is 2.47. The Morgan fingerprint density at radius 1 is 1.14 bits per heavy atom. The van der Waals surface area contributed by atoms with Crippen LogP contribution < -0.4 is 5.32 Å². The maximum absolute atomic E-state index is 12.6. The minimum atomic E-state index is -5.88. The molecule has 0 radical (unpaired) electrons. The molecule has 1 aliphatic rings. The molecule has 0 aromatic heterocycles. The van der Waals surface area contributed by atoms with Crippen LogP contribution in [0.5, 0.6) is 0 Å². The summed E-state index contributed by atoms with van der Waals surface area (Å²) in [6, 6.07) is -3.49. The summed E-state index contributed by atoms with van der Waals surface area (Å²) >= 11 is 0. The van der Waals surface area contributed by atoms with Gasteiger partial charge in [-0.15, -0.1) is 0 Å². The van der Waals surface area contributed by atoms with E-state index in [1.165, 1.54) is 0 Å². The Labute approximate surface area is 113 Å². The van der Waals surface area contributed by atoms with Crippen LogP contribution in [0.4, 0.5) is 30.7 Å². The first kappa shape index (κ1) is 17.7. The normalized spacial score (nSPS) is 22.2. The number of carbonyl (C=O) groups excluding carboxylic acids is 2. The van der Waals surface area contributed by atoms with Gasteiger partial charge in [0.15, 0.2) is 0 Å². The van der Waals surface area contributed by atoms with Gasteiger partial charge in [-0.05, 0) is 12.8 Å². The Hall–Kier alpha value is -1.39. The van der Waals surface area contributed by atoms with E-state index in [0.29, 0.717) is 0 Å². The van der Waals surface area contributed by atoms with Crippen LogP contribution in [0, 0.1) is 0 Å². The van der Waals surface area contributed by atoms with E-state index in [-0.39, 0.29) is 12.8 Å².